The third kappa shape index (κ3) is 1.21. The minimum absolute atomic E-state index is 0.000309. The molecule has 8 heteroatoms. The van der Waals surface area contributed by atoms with Gasteiger partial charge in [0.2, 0.25) is 0 Å². The van der Waals surface area contributed by atoms with Crippen molar-refractivity contribution in [3.05, 3.63) is 10.4 Å². The summed E-state index contributed by atoms with van der Waals surface area (Å²) in [7, 11) is 0. The molecule has 0 aromatic rings. The third-order valence-corrected chi connectivity index (χ3v) is 2.09. The second kappa shape index (κ2) is 3.08. The lowest BCUT2D eigenvalue weighted by Gasteiger charge is -2.24. The van der Waals surface area contributed by atoms with Crippen LogP contribution >= 0.6 is 0 Å². The Balaban J connectivity index is 2.21. The fraction of sp³-hybridized carbons (Fsp3) is 0.667. The van der Waals surface area contributed by atoms with E-state index in [1.807, 2.05) is 0 Å². The highest BCUT2D eigenvalue weighted by atomic mass is 16.6. The van der Waals surface area contributed by atoms with Crippen molar-refractivity contribution in [2.75, 3.05) is 6.61 Å². The Labute approximate surface area is 77.8 Å². The summed E-state index contributed by atoms with van der Waals surface area (Å²) in [5, 5.41) is 5.63. The van der Waals surface area contributed by atoms with Crippen molar-refractivity contribution in [1.29, 1.82) is 0 Å². The Bertz CT molecular complexity index is 337. The van der Waals surface area contributed by atoms with Crippen LogP contribution in [0.2, 0.25) is 0 Å². The van der Waals surface area contributed by atoms with Crippen molar-refractivity contribution in [3.63, 3.8) is 0 Å². The fourth-order valence-corrected chi connectivity index (χ4v) is 1.46. The highest BCUT2D eigenvalue weighted by molar-refractivity contribution is 5.82. The van der Waals surface area contributed by atoms with Crippen LogP contribution in [0.4, 0.5) is 4.79 Å². The van der Waals surface area contributed by atoms with Gasteiger partial charge in [0.05, 0.1) is 6.04 Å². The SMILES string of the molecule is [N-]=[N+]=N[C@H]1C(=O)O[C@@H]2COC(=O)N[C@@H]21. The summed E-state index contributed by atoms with van der Waals surface area (Å²) in [4.78, 5) is 24.5. The maximum atomic E-state index is 11.1. The zero-order valence-electron chi connectivity index (χ0n) is 6.91. The van der Waals surface area contributed by atoms with Crippen LogP contribution < -0.4 is 5.32 Å². The first kappa shape index (κ1) is 8.64. The predicted octanol–water partition coefficient (Wildman–Crippen LogP) is -0.301. The van der Waals surface area contributed by atoms with Gasteiger partial charge in [-0.05, 0) is 5.53 Å². The number of nitrogens with one attached hydrogen (secondary N) is 1. The second-order valence-electron chi connectivity index (χ2n) is 2.89. The van der Waals surface area contributed by atoms with E-state index in [0.717, 1.165) is 0 Å². The zero-order valence-corrected chi connectivity index (χ0v) is 6.91. The lowest BCUT2D eigenvalue weighted by Crippen LogP contribution is -2.52. The molecular formula is C6H6N4O4. The maximum Gasteiger partial charge on any atom is 0.407 e. The number of amides is 1. The van der Waals surface area contributed by atoms with Crippen LogP contribution in [-0.2, 0) is 14.3 Å². The van der Waals surface area contributed by atoms with Crippen LogP contribution in [0.1, 0.15) is 0 Å². The molecule has 2 aliphatic rings. The van der Waals surface area contributed by atoms with E-state index in [1.54, 1.807) is 0 Å². The first-order chi connectivity index (χ1) is 6.72. The van der Waals surface area contributed by atoms with Gasteiger partial charge in [-0.2, -0.15) is 0 Å². The first-order valence-corrected chi connectivity index (χ1v) is 3.90. The number of fused-ring (bicyclic) bond motifs is 1. The van der Waals surface area contributed by atoms with Crippen molar-refractivity contribution < 1.29 is 19.1 Å². The highest BCUT2D eigenvalue weighted by Crippen LogP contribution is 2.22. The lowest BCUT2D eigenvalue weighted by molar-refractivity contribution is -0.143. The monoisotopic (exact) mass is 198 g/mol. The lowest BCUT2D eigenvalue weighted by atomic mass is 10.1. The molecule has 2 aliphatic heterocycles. The molecule has 2 saturated heterocycles. The maximum absolute atomic E-state index is 11.1. The van der Waals surface area contributed by atoms with E-state index in [-0.39, 0.29) is 6.61 Å². The molecule has 2 heterocycles. The number of hydrogen-bond donors (Lipinski definition) is 1. The number of carbonyl (C=O) groups excluding carboxylic acids is 2. The van der Waals surface area contributed by atoms with E-state index < -0.39 is 30.3 Å². The summed E-state index contributed by atoms with van der Waals surface area (Å²) in [5.74, 6) is -0.636. The van der Waals surface area contributed by atoms with Crippen LogP contribution in [0.3, 0.4) is 0 Å². The van der Waals surface area contributed by atoms with Crippen LogP contribution in [0.25, 0.3) is 10.4 Å². The van der Waals surface area contributed by atoms with Gasteiger partial charge in [0.1, 0.15) is 6.61 Å². The van der Waals surface area contributed by atoms with Crippen molar-refractivity contribution in [2.24, 2.45) is 5.11 Å². The van der Waals surface area contributed by atoms with Gasteiger partial charge in [0.15, 0.2) is 12.1 Å². The number of carbonyl (C=O) groups is 2. The second-order valence-corrected chi connectivity index (χ2v) is 2.89. The van der Waals surface area contributed by atoms with E-state index in [0.29, 0.717) is 0 Å². The standard InChI is InChI=1S/C6H6N4O4/c7-10-9-4-3-2(14-5(4)11)1-13-6(12)8-3/h2-4H,1H2,(H,8,12)/t2-,3+,4-/m1/s1. The van der Waals surface area contributed by atoms with Crippen molar-refractivity contribution in [1.82, 2.24) is 5.32 Å². The summed E-state index contributed by atoms with van der Waals surface area (Å²) in [6.07, 6.45) is -1.20. The van der Waals surface area contributed by atoms with Gasteiger partial charge >= 0.3 is 12.1 Å². The normalized spacial score (nSPS) is 34.7. The minimum atomic E-state index is -0.988. The molecule has 3 atom stereocenters. The van der Waals surface area contributed by atoms with Gasteiger partial charge in [-0.15, -0.1) is 0 Å². The quantitative estimate of drug-likeness (QED) is 0.269. The molecule has 0 bridgehead atoms. The molecule has 1 amide bonds. The first-order valence-electron chi connectivity index (χ1n) is 3.90. The summed E-state index contributed by atoms with van der Waals surface area (Å²) in [6.45, 7) is -0.000309. The molecule has 1 N–H and O–H groups in total. The van der Waals surface area contributed by atoms with Crippen molar-refractivity contribution in [3.8, 4) is 0 Å². The predicted molar refractivity (Wildman–Crippen MR) is 41.1 cm³/mol. The van der Waals surface area contributed by atoms with E-state index in [4.69, 9.17) is 10.3 Å². The Hall–Kier alpha value is -1.95. The molecule has 14 heavy (non-hydrogen) atoms. The molecule has 8 nitrogen and oxygen atoms in total. The average Bonchev–Trinajstić information content (AvgIpc) is 2.45. The number of alkyl carbamates (subject to hydrolysis) is 1. The Kier molecular flexibility index (Phi) is 1.90. The zero-order chi connectivity index (χ0) is 10.1. The average molecular weight is 198 g/mol. The van der Waals surface area contributed by atoms with Gasteiger partial charge < -0.3 is 14.8 Å². The van der Waals surface area contributed by atoms with E-state index >= 15 is 0 Å². The minimum Gasteiger partial charge on any atom is -0.456 e. The molecule has 0 radical (unpaired) electrons. The molecular weight excluding hydrogens is 192 g/mol. The van der Waals surface area contributed by atoms with Gasteiger partial charge in [-0.1, -0.05) is 5.11 Å². The number of azide groups is 1. The van der Waals surface area contributed by atoms with E-state index in [2.05, 4.69) is 20.1 Å². The van der Waals surface area contributed by atoms with Crippen LogP contribution in [0.5, 0.6) is 0 Å². The number of hydrogen-bond acceptors (Lipinski definition) is 5. The van der Waals surface area contributed by atoms with Crippen molar-refractivity contribution in [2.45, 2.75) is 18.2 Å². The van der Waals surface area contributed by atoms with Gasteiger partial charge in [-0.3, -0.25) is 4.79 Å². The van der Waals surface area contributed by atoms with E-state index in [9.17, 15) is 9.59 Å². The van der Waals surface area contributed by atoms with Crippen molar-refractivity contribution >= 4 is 12.1 Å². The van der Waals surface area contributed by atoms with Gasteiger partial charge in [0, 0.05) is 4.91 Å². The number of esters is 1. The molecule has 0 unspecified atom stereocenters. The molecule has 74 valence electrons. The molecule has 0 aromatic heterocycles. The van der Waals surface area contributed by atoms with E-state index in [1.165, 1.54) is 0 Å². The molecule has 0 spiro atoms. The van der Waals surface area contributed by atoms with Gasteiger partial charge in [-0.25, -0.2) is 4.79 Å². The Morgan fingerprint density at radius 2 is 2.36 bits per heavy atom. The molecule has 0 aromatic carbocycles. The molecule has 0 aliphatic carbocycles. The summed E-state index contributed by atoms with van der Waals surface area (Å²) >= 11 is 0. The Morgan fingerprint density at radius 1 is 1.57 bits per heavy atom. The third-order valence-electron chi connectivity index (χ3n) is 2.09. The molecule has 2 fully saturated rings. The number of ether oxygens (including phenoxy) is 2. The number of rotatable bonds is 1. The van der Waals surface area contributed by atoms with Crippen LogP contribution in [0, 0.1) is 0 Å². The summed E-state index contributed by atoms with van der Waals surface area (Å²) < 4.78 is 9.44. The topological polar surface area (TPSA) is 113 Å². The fourth-order valence-electron chi connectivity index (χ4n) is 1.46. The smallest absolute Gasteiger partial charge is 0.407 e. The van der Waals surface area contributed by atoms with Crippen LogP contribution in [-0.4, -0.2) is 36.9 Å². The number of cyclic esters (lactones) is 1. The van der Waals surface area contributed by atoms with Gasteiger partial charge in [0.25, 0.3) is 0 Å². The Morgan fingerprint density at radius 3 is 3.07 bits per heavy atom. The molecule has 2 rings (SSSR count). The summed E-state index contributed by atoms with van der Waals surface area (Å²) in [5.41, 5.74) is 8.21. The summed E-state index contributed by atoms with van der Waals surface area (Å²) in [6, 6.07) is -1.60. The molecule has 0 saturated carbocycles. The highest BCUT2D eigenvalue weighted by Gasteiger charge is 2.48. The van der Waals surface area contributed by atoms with Crippen LogP contribution in [0.15, 0.2) is 5.11 Å². The largest absolute Gasteiger partial charge is 0.456 e. The number of nitrogens with zero attached hydrogens (tertiary/aromatic N) is 3.